The molecule has 102 valence electrons. The molecule has 1 aromatic carbocycles. The number of ketones is 1. The van der Waals surface area contributed by atoms with Crippen LogP contribution in [0.5, 0.6) is 0 Å². The van der Waals surface area contributed by atoms with Gasteiger partial charge in [0, 0.05) is 38.6 Å². The number of carbonyl (C=O) groups excluding carboxylic acids is 1. The molecule has 2 rings (SSSR count). The molecule has 0 aliphatic carbocycles. The summed E-state index contributed by atoms with van der Waals surface area (Å²) in [4.78, 5) is 22.1. The minimum Gasteiger partial charge on any atom is -0.378 e. The number of hydrogen-bond donors (Lipinski definition) is 0. The number of hydrogen-bond acceptors (Lipinski definition) is 4. The van der Waals surface area contributed by atoms with Crippen molar-refractivity contribution in [3.05, 3.63) is 54.4 Å². The molecule has 20 heavy (non-hydrogen) atoms. The molecule has 0 fully saturated rings. The van der Waals surface area contributed by atoms with E-state index in [9.17, 15) is 4.79 Å². The quantitative estimate of drug-likeness (QED) is 0.617. The first-order valence-corrected chi connectivity index (χ1v) is 6.41. The molecule has 0 saturated carbocycles. The van der Waals surface area contributed by atoms with Gasteiger partial charge >= 0.3 is 0 Å². The number of pyridine rings is 1. The zero-order valence-corrected chi connectivity index (χ0v) is 11.7. The summed E-state index contributed by atoms with van der Waals surface area (Å²) in [5, 5.41) is 0. The summed E-state index contributed by atoms with van der Waals surface area (Å²) in [6.45, 7) is 0. The topological polar surface area (TPSA) is 45.6 Å². The van der Waals surface area contributed by atoms with Gasteiger partial charge in [-0.05, 0) is 36.4 Å². The highest BCUT2D eigenvalue weighted by atomic mass is 16.1. The second kappa shape index (κ2) is 6.61. The summed E-state index contributed by atoms with van der Waals surface area (Å²) in [7, 11) is 3.98. The average Bonchev–Trinajstić information content (AvgIpc) is 2.48. The Morgan fingerprint density at radius 3 is 2.55 bits per heavy atom. The zero-order chi connectivity index (χ0) is 14.4. The van der Waals surface area contributed by atoms with E-state index in [-0.39, 0.29) is 12.2 Å². The van der Waals surface area contributed by atoms with Gasteiger partial charge < -0.3 is 4.90 Å². The molecule has 0 unspecified atom stereocenters. The highest BCUT2D eigenvalue weighted by Crippen LogP contribution is 2.17. The summed E-state index contributed by atoms with van der Waals surface area (Å²) in [6, 6.07) is 13.1. The first-order chi connectivity index (χ1) is 9.66. The fourth-order valence-electron chi connectivity index (χ4n) is 1.70. The molecule has 0 amide bonds. The minimum atomic E-state index is -0.0285. The van der Waals surface area contributed by atoms with Crippen LogP contribution in [-0.4, -0.2) is 31.1 Å². The predicted molar refractivity (Wildman–Crippen MR) is 82.1 cm³/mol. The molecule has 1 heterocycles. The number of rotatable bonds is 5. The Morgan fingerprint density at radius 2 is 1.95 bits per heavy atom. The number of benzene rings is 1. The van der Waals surface area contributed by atoms with Gasteiger partial charge in [0.15, 0.2) is 5.78 Å². The first kappa shape index (κ1) is 13.9. The van der Waals surface area contributed by atoms with Crippen molar-refractivity contribution >= 4 is 23.4 Å². The molecule has 4 nitrogen and oxygen atoms in total. The van der Waals surface area contributed by atoms with Gasteiger partial charge in [-0.1, -0.05) is 6.07 Å². The molecule has 0 aliphatic heterocycles. The molecule has 0 N–H and O–H groups in total. The van der Waals surface area contributed by atoms with E-state index < -0.39 is 0 Å². The number of aromatic nitrogens is 1. The summed E-state index contributed by atoms with van der Waals surface area (Å²) in [6.07, 6.45) is 3.50. The summed E-state index contributed by atoms with van der Waals surface area (Å²) in [5.74, 6) is -0.0285. The van der Waals surface area contributed by atoms with Gasteiger partial charge in [0.25, 0.3) is 0 Å². The Kier molecular flexibility index (Phi) is 4.60. The second-order valence-electron chi connectivity index (χ2n) is 4.56. The van der Waals surface area contributed by atoms with Crippen LogP contribution in [-0.2, 0) is 0 Å². The normalized spacial score (nSPS) is 10.7. The van der Waals surface area contributed by atoms with Crippen LogP contribution in [0.15, 0.2) is 53.7 Å². The Bertz CT molecular complexity index is 589. The van der Waals surface area contributed by atoms with E-state index in [0.29, 0.717) is 5.69 Å². The molecule has 0 saturated heterocycles. The summed E-state index contributed by atoms with van der Waals surface area (Å²) >= 11 is 0. The molecular weight excluding hydrogens is 250 g/mol. The largest absolute Gasteiger partial charge is 0.378 e. The lowest BCUT2D eigenvalue weighted by molar-refractivity contribution is 0.0997. The van der Waals surface area contributed by atoms with Crippen LogP contribution in [0.4, 0.5) is 11.4 Å². The van der Waals surface area contributed by atoms with Crippen molar-refractivity contribution < 1.29 is 4.79 Å². The van der Waals surface area contributed by atoms with Gasteiger partial charge in [-0.15, -0.1) is 0 Å². The van der Waals surface area contributed by atoms with Gasteiger partial charge in [-0.3, -0.25) is 14.8 Å². The highest BCUT2D eigenvalue weighted by Gasteiger charge is 2.03. The summed E-state index contributed by atoms with van der Waals surface area (Å²) in [5.41, 5.74) is 2.43. The Morgan fingerprint density at radius 1 is 1.20 bits per heavy atom. The van der Waals surface area contributed by atoms with E-state index in [1.165, 1.54) is 0 Å². The Labute approximate surface area is 118 Å². The van der Waals surface area contributed by atoms with E-state index in [1.807, 2.05) is 43.3 Å². The van der Waals surface area contributed by atoms with E-state index >= 15 is 0 Å². The van der Waals surface area contributed by atoms with Crippen LogP contribution in [0, 0.1) is 0 Å². The number of aliphatic imine (C=N–C) groups is 1. The number of anilines is 1. The van der Waals surface area contributed by atoms with Crippen molar-refractivity contribution in [2.45, 2.75) is 6.42 Å². The number of carbonyl (C=O) groups is 1. The smallest absolute Gasteiger partial charge is 0.186 e. The molecule has 0 spiro atoms. The molecule has 0 bridgehead atoms. The van der Waals surface area contributed by atoms with Crippen LogP contribution in [0.2, 0.25) is 0 Å². The van der Waals surface area contributed by atoms with Crippen LogP contribution in [0.3, 0.4) is 0 Å². The molecule has 1 aromatic heterocycles. The fraction of sp³-hybridized carbons (Fsp3) is 0.188. The third-order valence-electron chi connectivity index (χ3n) is 2.83. The maximum atomic E-state index is 11.8. The molecule has 4 heteroatoms. The SMILES string of the molecule is CN(C)c1ccc(N=CCC(=O)c2ccccn2)cc1. The summed E-state index contributed by atoms with van der Waals surface area (Å²) < 4.78 is 0. The van der Waals surface area contributed by atoms with Crippen molar-refractivity contribution in [2.24, 2.45) is 4.99 Å². The average molecular weight is 267 g/mol. The Balaban J connectivity index is 1.95. The van der Waals surface area contributed by atoms with Crippen molar-refractivity contribution in [1.82, 2.24) is 4.98 Å². The fourth-order valence-corrected chi connectivity index (χ4v) is 1.70. The Hall–Kier alpha value is -2.49. The maximum Gasteiger partial charge on any atom is 0.186 e. The van der Waals surface area contributed by atoms with Gasteiger partial charge in [0.05, 0.1) is 5.69 Å². The number of Topliss-reactive ketones (excluding diaryl/α,β-unsaturated/α-hetero) is 1. The molecular formula is C16H17N3O. The third-order valence-corrected chi connectivity index (χ3v) is 2.83. The van der Waals surface area contributed by atoms with Gasteiger partial charge in [-0.25, -0.2) is 0 Å². The van der Waals surface area contributed by atoms with E-state index in [4.69, 9.17) is 0 Å². The van der Waals surface area contributed by atoms with E-state index in [0.717, 1.165) is 11.4 Å². The first-order valence-electron chi connectivity index (χ1n) is 6.41. The molecule has 0 radical (unpaired) electrons. The van der Waals surface area contributed by atoms with Gasteiger partial charge in [0.2, 0.25) is 0 Å². The third kappa shape index (κ3) is 3.75. The van der Waals surface area contributed by atoms with Gasteiger partial charge in [-0.2, -0.15) is 0 Å². The monoisotopic (exact) mass is 267 g/mol. The van der Waals surface area contributed by atoms with Crippen LogP contribution >= 0.6 is 0 Å². The van der Waals surface area contributed by atoms with Crippen molar-refractivity contribution in [3.8, 4) is 0 Å². The van der Waals surface area contributed by atoms with Crippen LogP contribution < -0.4 is 4.90 Å². The van der Waals surface area contributed by atoms with E-state index in [1.54, 1.807) is 30.6 Å². The maximum absolute atomic E-state index is 11.8. The second-order valence-corrected chi connectivity index (χ2v) is 4.56. The molecule has 0 atom stereocenters. The lowest BCUT2D eigenvalue weighted by Crippen LogP contribution is -2.07. The zero-order valence-electron chi connectivity index (χ0n) is 11.7. The number of nitrogens with zero attached hydrogens (tertiary/aromatic N) is 3. The molecule has 2 aromatic rings. The van der Waals surface area contributed by atoms with Crippen molar-refractivity contribution in [3.63, 3.8) is 0 Å². The highest BCUT2D eigenvalue weighted by molar-refractivity contribution is 6.02. The van der Waals surface area contributed by atoms with Crippen LogP contribution in [0.25, 0.3) is 0 Å². The van der Waals surface area contributed by atoms with Gasteiger partial charge in [0.1, 0.15) is 5.69 Å². The van der Waals surface area contributed by atoms with Crippen LogP contribution in [0.1, 0.15) is 16.9 Å². The minimum absolute atomic E-state index is 0.0285. The lowest BCUT2D eigenvalue weighted by Gasteiger charge is -2.11. The van der Waals surface area contributed by atoms with Crippen molar-refractivity contribution in [1.29, 1.82) is 0 Å². The van der Waals surface area contributed by atoms with E-state index in [2.05, 4.69) is 9.98 Å². The lowest BCUT2D eigenvalue weighted by atomic mass is 10.2. The molecule has 0 aliphatic rings. The van der Waals surface area contributed by atoms with Crippen molar-refractivity contribution in [2.75, 3.05) is 19.0 Å². The standard InChI is InChI=1S/C16H17N3O/c1-19(2)14-8-6-13(7-9-14)17-12-10-16(20)15-5-3-4-11-18-15/h3-9,11-12H,10H2,1-2H3. The predicted octanol–water partition coefficient (Wildman–Crippen LogP) is 3.12.